The van der Waals surface area contributed by atoms with Crippen LogP contribution in [-0.2, 0) is 14.5 Å². The molecule has 0 aromatic carbocycles. The lowest BCUT2D eigenvalue weighted by molar-refractivity contribution is 0.126. The van der Waals surface area contributed by atoms with Crippen LogP contribution in [0.4, 0.5) is 9.18 Å². The summed E-state index contributed by atoms with van der Waals surface area (Å²) >= 11 is 0. The van der Waals surface area contributed by atoms with Crippen molar-refractivity contribution in [1.29, 1.82) is 0 Å². The highest BCUT2D eigenvalue weighted by Gasteiger charge is 2.38. The topological polar surface area (TPSA) is 89.7 Å². The first-order valence-corrected chi connectivity index (χ1v) is 4.41. The number of hydrogen-bond donors (Lipinski definition) is 1. The van der Waals surface area contributed by atoms with Gasteiger partial charge in [-0.3, -0.25) is 0 Å². The monoisotopic (exact) mass is 198 g/mol. The summed E-state index contributed by atoms with van der Waals surface area (Å²) in [6, 6.07) is 0. The molecule has 0 radical (unpaired) electrons. The number of nitrogens with two attached hydrogens (primary N) is 1. The van der Waals surface area contributed by atoms with Crippen molar-refractivity contribution in [3.05, 3.63) is 0 Å². The number of carbonyl (C=O) groups excluding carboxylic acids is 1. The molecule has 0 saturated carbocycles. The second-order valence-corrected chi connectivity index (χ2v) is 3.81. The molecule has 1 saturated heterocycles. The minimum Gasteiger partial charge on any atom is -0.334 e. The Kier molecular flexibility index (Phi) is 2.20. The smallest absolute Gasteiger partial charge is 0.334 e. The number of nitrogens with zero attached hydrogens (tertiary/aromatic N) is 1. The Morgan fingerprint density at radius 3 is 2.42 bits per heavy atom. The minimum atomic E-state index is -4.14. The zero-order valence-corrected chi connectivity index (χ0v) is 6.75. The van der Waals surface area contributed by atoms with E-state index < -0.39 is 22.6 Å². The third kappa shape index (κ3) is 1.83. The van der Waals surface area contributed by atoms with Crippen molar-refractivity contribution in [2.45, 2.75) is 6.17 Å². The van der Waals surface area contributed by atoms with Gasteiger partial charge in [-0.1, -0.05) is 0 Å². The van der Waals surface area contributed by atoms with Crippen LogP contribution < -0.4 is 5.73 Å². The molecular weight excluding hydrogens is 191 g/mol. The molecule has 8 heteroatoms. The SMILES string of the molecule is NC(=O)OS(=O)(=O)N1CC(F)C1. The molecule has 0 spiro atoms. The van der Waals surface area contributed by atoms with Crippen molar-refractivity contribution in [3.8, 4) is 0 Å². The average molecular weight is 198 g/mol. The first kappa shape index (κ1) is 9.20. The van der Waals surface area contributed by atoms with Crippen molar-refractivity contribution in [2.24, 2.45) is 5.73 Å². The molecule has 6 nitrogen and oxygen atoms in total. The second-order valence-electron chi connectivity index (χ2n) is 2.27. The summed E-state index contributed by atoms with van der Waals surface area (Å²) < 4.78 is 38.2. The van der Waals surface area contributed by atoms with E-state index in [2.05, 4.69) is 9.92 Å². The molecule has 1 amide bonds. The maximum atomic E-state index is 12.2. The van der Waals surface area contributed by atoms with E-state index in [0.29, 0.717) is 4.31 Å². The summed E-state index contributed by atoms with van der Waals surface area (Å²) in [7, 11) is -4.14. The van der Waals surface area contributed by atoms with Crippen LogP contribution in [0, 0.1) is 0 Å². The molecular formula is C4H7FN2O4S. The summed E-state index contributed by atoms with van der Waals surface area (Å²) in [5, 5.41) is 0. The van der Waals surface area contributed by atoms with E-state index in [1.54, 1.807) is 0 Å². The van der Waals surface area contributed by atoms with Crippen LogP contribution in [-0.4, -0.2) is 38.1 Å². The van der Waals surface area contributed by atoms with Crippen LogP contribution in [0.1, 0.15) is 0 Å². The Labute approximate surface area is 68.3 Å². The molecule has 1 aliphatic heterocycles. The molecule has 0 aliphatic carbocycles. The van der Waals surface area contributed by atoms with Crippen LogP contribution in [0.5, 0.6) is 0 Å². The van der Waals surface area contributed by atoms with E-state index in [1.165, 1.54) is 0 Å². The van der Waals surface area contributed by atoms with Gasteiger partial charge >= 0.3 is 16.4 Å². The van der Waals surface area contributed by atoms with Gasteiger partial charge in [0.25, 0.3) is 0 Å². The van der Waals surface area contributed by atoms with Gasteiger partial charge < -0.3 is 9.92 Å². The van der Waals surface area contributed by atoms with E-state index in [-0.39, 0.29) is 13.1 Å². The van der Waals surface area contributed by atoms with Crippen LogP contribution in [0.15, 0.2) is 0 Å². The van der Waals surface area contributed by atoms with E-state index in [4.69, 9.17) is 0 Å². The first-order chi connectivity index (χ1) is 5.42. The highest BCUT2D eigenvalue weighted by molar-refractivity contribution is 7.84. The zero-order chi connectivity index (χ0) is 9.35. The minimum absolute atomic E-state index is 0.282. The van der Waals surface area contributed by atoms with Crippen LogP contribution in [0.25, 0.3) is 0 Å². The van der Waals surface area contributed by atoms with Gasteiger partial charge in [0, 0.05) is 13.1 Å². The van der Waals surface area contributed by atoms with Crippen LogP contribution in [0.2, 0.25) is 0 Å². The number of primary amides is 1. The third-order valence-electron chi connectivity index (χ3n) is 1.31. The predicted octanol–water partition coefficient (Wildman–Crippen LogP) is -1.02. The summed E-state index contributed by atoms with van der Waals surface area (Å²) in [5.74, 6) is 0. The number of carbonyl (C=O) groups is 1. The molecule has 0 bridgehead atoms. The maximum absolute atomic E-state index is 12.2. The van der Waals surface area contributed by atoms with Gasteiger partial charge in [0.15, 0.2) is 0 Å². The Balaban J connectivity index is 2.56. The fourth-order valence-electron chi connectivity index (χ4n) is 0.728. The highest BCUT2D eigenvalue weighted by atomic mass is 32.2. The van der Waals surface area contributed by atoms with Gasteiger partial charge in [0.1, 0.15) is 6.17 Å². The average Bonchev–Trinajstić information content (AvgIpc) is 1.77. The molecule has 0 aromatic heterocycles. The number of rotatable bonds is 2. The molecule has 1 rings (SSSR count). The second kappa shape index (κ2) is 2.87. The van der Waals surface area contributed by atoms with Gasteiger partial charge in [-0.2, -0.15) is 12.7 Å². The molecule has 2 N–H and O–H groups in total. The normalized spacial score (nSPS) is 20.1. The van der Waals surface area contributed by atoms with Crippen molar-refractivity contribution < 1.29 is 21.8 Å². The molecule has 12 heavy (non-hydrogen) atoms. The van der Waals surface area contributed by atoms with Gasteiger partial charge in [0.05, 0.1) is 0 Å². The fourth-order valence-corrected chi connectivity index (χ4v) is 1.73. The van der Waals surface area contributed by atoms with Crippen LogP contribution >= 0.6 is 0 Å². The molecule has 0 unspecified atom stereocenters. The number of halogens is 1. The fraction of sp³-hybridized carbons (Fsp3) is 0.750. The van der Waals surface area contributed by atoms with E-state index in [9.17, 15) is 17.6 Å². The van der Waals surface area contributed by atoms with Gasteiger partial charge in [-0.25, -0.2) is 9.18 Å². The standard InChI is InChI=1S/C4H7FN2O4S/c5-3-1-7(2-3)12(9,10)11-4(6)8/h3H,1-2H2,(H2,6,8). The third-order valence-corrected chi connectivity index (χ3v) is 2.61. The van der Waals surface area contributed by atoms with E-state index >= 15 is 0 Å². The lowest BCUT2D eigenvalue weighted by Crippen LogP contribution is -2.52. The van der Waals surface area contributed by atoms with Crippen molar-refractivity contribution in [2.75, 3.05) is 13.1 Å². The van der Waals surface area contributed by atoms with Crippen molar-refractivity contribution in [1.82, 2.24) is 4.31 Å². The van der Waals surface area contributed by atoms with Gasteiger partial charge in [0.2, 0.25) is 0 Å². The Hall–Kier alpha value is -0.890. The first-order valence-electron chi connectivity index (χ1n) is 3.05. The number of alkyl halides is 1. The number of amides is 1. The zero-order valence-electron chi connectivity index (χ0n) is 5.94. The Bertz CT molecular complexity index is 283. The summed E-state index contributed by atoms with van der Waals surface area (Å²) in [5.41, 5.74) is 4.47. The Morgan fingerprint density at radius 2 is 2.08 bits per heavy atom. The lowest BCUT2D eigenvalue weighted by Gasteiger charge is -2.31. The maximum Gasteiger partial charge on any atom is 0.421 e. The highest BCUT2D eigenvalue weighted by Crippen LogP contribution is 2.16. The quantitative estimate of drug-likeness (QED) is 0.615. The summed E-state index contributed by atoms with van der Waals surface area (Å²) in [6.07, 6.45) is -2.60. The molecule has 1 aliphatic rings. The van der Waals surface area contributed by atoms with E-state index in [0.717, 1.165) is 0 Å². The Morgan fingerprint density at radius 1 is 1.58 bits per heavy atom. The molecule has 0 aromatic rings. The molecule has 70 valence electrons. The molecule has 1 heterocycles. The lowest BCUT2D eigenvalue weighted by atomic mass is 10.3. The van der Waals surface area contributed by atoms with Gasteiger partial charge in [-0.15, -0.1) is 0 Å². The summed E-state index contributed by atoms with van der Waals surface area (Å²) in [6.45, 7) is -0.564. The molecule has 0 atom stereocenters. The van der Waals surface area contributed by atoms with Crippen LogP contribution in [0.3, 0.4) is 0 Å². The largest absolute Gasteiger partial charge is 0.421 e. The summed E-state index contributed by atoms with van der Waals surface area (Å²) in [4.78, 5) is 10.0. The van der Waals surface area contributed by atoms with Crippen molar-refractivity contribution >= 4 is 16.4 Å². The van der Waals surface area contributed by atoms with Crippen molar-refractivity contribution in [3.63, 3.8) is 0 Å². The molecule has 1 fully saturated rings. The predicted molar refractivity (Wildman–Crippen MR) is 36.1 cm³/mol. The number of hydrogen-bond acceptors (Lipinski definition) is 4. The van der Waals surface area contributed by atoms with E-state index in [1.807, 2.05) is 0 Å². The van der Waals surface area contributed by atoms with Gasteiger partial charge in [-0.05, 0) is 0 Å².